The number of anilines is 1. The molecule has 0 spiro atoms. The summed E-state index contributed by atoms with van der Waals surface area (Å²) in [5.41, 5.74) is 1.14. The number of benzene rings is 1. The summed E-state index contributed by atoms with van der Waals surface area (Å²) in [4.78, 5) is 30.4. The van der Waals surface area contributed by atoms with Crippen LogP contribution in [-0.4, -0.2) is 49.6 Å². The van der Waals surface area contributed by atoms with Gasteiger partial charge in [-0.25, -0.2) is 4.90 Å². The molecule has 1 N–H and O–H groups in total. The number of carbonyl (C=O) groups excluding carboxylic acids is 2. The quantitative estimate of drug-likeness (QED) is 0.821. The molecule has 25 heavy (non-hydrogen) atoms. The van der Waals surface area contributed by atoms with Gasteiger partial charge in [0.1, 0.15) is 0 Å². The Morgan fingerprint density at radius 2 is 1.68 bits per heavy atom. The lowest BCUT2D eigenvalue weighted by molar-refractivity contribution is -0.908. The second kappa shape index (κ2) is 6.96. The second-order valence-corrected chi connectivity index (χ2v) is 7.91. The predicted molar refractivity (Wildman–Crippen MR) is 96.5 cm³/mol. The highest BCUT2D eigenvalue weighted by Crippen LogP contribution is 2.37. The molecule has 0 bridgehead atoms. The van der Waals surface area contributed by atoms with E-state index in [2.05, 4.69) is 11.0 Å². The van der Waals surface area contributed by atoms with E-state index in [1.165, 1.54) is 4.90 Å². The van der Waals surface area contributed by atoms with Crippen LogP contribution in [0.5, 0.6) is 0 Å². The Hall–Kier alpha value is -1.59. The molecule has 134 valence electrons. The molecule has 2 atom stereocenters. The lowest BCUT2D eigenvalue weighted by atomic mass is 9.81. The van der Waals surface area contributed by atoms with E-state index < -0.39 is 0 Å². The van der Waals surface area contributed by atoms with Crippen molar-refractivity contribution in [1.82, 2.24) is 4.90 Å². The number of rotatable bonds is 3. The van der Waals surface area contributed by atoms with Crippen LogP contribution in [-0.2, 0) is 9.59 Å². The maximum Gasteiger partial charge on any atom is 0.237 e. The number of amides is 2. The molecule has 0 unspecified atom stereocenters. The van der Waals surface area contributed by atoms with Gasteiger partial charge in [0.15, 0.2) is 6.67 Å². The summed E-state index contributed by atoms with van der Waals surface area (Å²) in [5, 5.41) is 0.753. The SMILES string of the molecule is O=C1[C@H]2CCCC[C@@H]2C(=O)N1C[NH+]1CCN(c2cccc(Cl)c2)CC1. The van der Waals surface area contributed by atoms with Crippen LogP contribution in [0, 0.1) is 11.8 Å². The van der Waals surface area contributed by atoms with Gasteiger partial charge in [-0.3, -0.25) is 9.59 Å². The minimum Gasteiger partial charge on any atom is -0.360 e. The first-order chi connectivity index (χ1) is 12.1. The number of likely N-dealkylation sites (tertiary alicyclic amines) is 1. The van der Waals surface area contributed by atoms with Crippen LogP contribution in [0.15, 0.2) is 24.3 Å². The number of fused-ring (bicyclic) bond motifs is 1. The van der Waals surface area contributed by atoms with Crippen LogP contribution in [0.4, 0.5) is 5.69 Å². The zero-order chi connectivity index (χ0) is 17.4. The highest BCUT2D eigenvalue weighted by atomic mass is 35.5. The third-order valence-electron chi connectivity index (χ3n) is 5.96. The van der Waals surface area contributed by atoms with E-state index in [9.17, 15) is 9.59 Å². The number of carbonyl (C=O) groups is 2. The Kier molecular flexibility index (Phi) is 4.69. The number of hydrogen-bond donors (Lipinski definition) is 1. The monoisotopic (exact) mass is 362 g/mol. The van der Waals surface area contributed by atoms with Crippen molar-refractivity contribution in [2.45, 2.75) is 25.7 Å². The molecule has 1 aliphatic carbocycles. The normalized spacial score (nSPS) is 27.7. The van der Waals surface area contributed by atoms with E-state index in [-0.39, 0.29) is 23.7 Å². The Labute approximate surface area is 153 Å². The Bertz CT molecular complexity index is 648. The fraction of sp³-hybridized carbons (Fsp3) is 0.579. The minimum absolute atomic E-state index is 0.0339. The van der Waals surface area contributed by atoms with Gasteiger partial charge in [-0.15, -0.1) is 0 Å². The molecule has 5 nitrogen and oxygen atoms in total. The van der Waals surface area contributed by atoms with Crippen LogP contribution < -0.4 is 9.80 Å². The van der Waals surface area contributed by atoms with E-state index in [0.717, 1.165) is 62.6 Å². The summed E-state index contributed by atoms with van der Waals surface area (Å²) >= 11 is 6.08. The van der Waals surface area contributed by atoms with Gasteiger partial charge in [-0.05, 0) is 31.0 Å². The summed E-state index contributed by atoms with van der Waals surface area (Å²) in [6, 6.07) is 7.93. The third kappa shape index (κ3) is 3.27. The molecule has 4 rings (SSSR count). The van der Waals surface area contributed by atoms with Crippen LogP contribution in [0.25, 0.3) is 0 Å². The fourth-order valence-corrected chi connectivity index (χ4v) is 4.71. The molecule has 1 saturated carbocycles. The number of nitrogens with one attached hydrogen (secondary N) is 1. The van der Waals surface area contributed by atoms with E-state index >= 15 is 0 Å². The Balaban J connectivity index is 1.36. The summed E-state index contributed by atoms with van der Waals surface area (Å²) in [7, 11) is 0. The molecule has 2 aliphatic heterocycles. The van der Waals surface area contributed by atoms with Gasteiger partial charge >= 0.3 is 0 Å². The molecule has 3 aliphatic rings. The minimum atomic E-state index is -0.0339. The van der Waals surface area contributed by atoms with Crippen molar-refractivity contribution in [2.24, 2.45) is 11.8 Å². The van der Waals surface area contributed by atoms with Crippen molar-refractivity contribution in [1.29, 1.82) is 0 Å². The van der Waals surface area contributed by atoms with Gasteiger partial charge in [0, 0.05) is 10.7 Å². The van der Waals surface area contributed by atoms with E-state index in [4.69, 9.17) is 11.6 Å². The third-order valence-corrected chi connectivity index (χ3v) is 6.19. The number of quaternary nitrogens is 1. The van der Waals surface area contributed by atoms with Crippen molar-refractivity contribution < 1.29 is 14.5 Å². The lowest BCUT2D eigenvalue weighted by Crippen LogP contribution is -3.16. The standard InChI is InChI=1S/C19H24ClN3O2/c20-14-4-3-5-15(12-14)22-10-8-21(9-11-22)13-23-18(24)16-6-1-2-7-17(16)19(23)25/h3-5,12,16-17H,1-2,6-11,13H2/p+1/t16-,17-/m0/s1. The van der Waals surface area contributed by atoms with Crippen molar-refractivity contribution >= 4 is 29.1 Å². The fourth-order valence-electron chi connectivity index (χ4n) is 4.52. The molecule has 2 heterocycles. The number of hydrogen-bond acceptors (Lipinski definition) is 3. The number of piperazine rings is 1. The smallest absolute Gasteiger partial charge is 0.237 e. The van der Waals surface area contributed by atoms with E-state index in [1.807, 2.05) is 18.2 Å². The molecular formula is C19H25ClN3O2+. The van der Waals surface area contributed by atoms with Gasteiger partial charge in [0.25, 0.3) is 0 Å². The average Bonchev–Trinajstić information content (AvgIpc) is 2.88. The number of imide groups is 1. The molecule has 1 aromatic carbocycles. The van der Waals surface area contributed by atoms with Gasteiger partial charge < -0.3 is 9.80 Å². The number of nitrogens with zero attached hydrogens (tertiary/aromatic N) is 2. The maximum absolute atomic E-state index is 12.6. The van der Waals surface area contributed by atoms with Crippen LogP contribution >= 0.6 is 11.6 Å². The van der Waals surface area contributed by atoms with Gasteiger partial charge in [-0.2, -0.15) is 0 Å². The molecule has 3 fully saturated rings. The summed E-state index contributed by atoms with van der Waals surface area (Å²) < 4.78 is 0. The van der Waals surface area contributed by atoms with E-state index in [1.54, 1.807) is 4.90 Å². The average molecular weight is 363 g/mol. The van der Waals surface area contributed by atoms with Crippen LogP contribution in [0.2, 0.25) is 5.02 Å². The van der Waals surface area contributed by atoms with Crippen molar-refractivity contribution in [3.8, 4) is 0 Å². The topological polar surface area (TPSA) is 45.1 Å². The zero-order valence-electron chi connectivity index (χ0n) is 14.4. The zero-order valence-corrected chi connectivity index (χ0v) is 15.2. The predicted octanol–water partition coefficient (Wildman–Crippen LogP) is 1.18. The highest BCUT2D eigenvalue weighted by molar-refractivity contribution is 6.30. The summed E-state index contributed by atoms with van der Waals surface area (Å²) in [6.07, 6.45) is 3.95. The van der Waals surface area contributed by atoms with E-state index in [0.29, 0.717) is 6.67 Å². The molecule has 2 saturated heterocycles. The molecule has 0 radical (unpaired) electrons. The molecule has 1 aromatic rings. The van der Waals surface area contributed by atoms with Crippen molar-refractivity contribution in [3.05, 3.63) is 29.3 Å². The first kappa shape index (κ1) is 16.9. The van der Waals surface area contributed by atoms with Crippen LogP contribution in [0.3, 0.4) is 0 Å². The first-order valence-electron chi connectivity index (χ1n) is 9.33. The Morgan fingerprint density at radius 1 is 1.04 bits per heavy atom. The number of halogens is 1. The maximum atomic E-state index is 12.6. The molecule has 2 amide bonds. The molecule has 6 heteroatoms. The van der Waals surface area contributed by atoms with Crippen molar-refractivity contribution in [3.63, 3.8) is 0 Å². The van der Waals surface area contributed by atoms with Gasteiger partial charge in [0.2, 0.25) is 11.8 Å². The summed E-state index contributed by atoms with van der Waals surface area (Å²) in [6.45, 7) is 4.23. The van der Waals surface area contributed by atoms with Gasteiger partial charge in [0.05, 0.1) is 38.0 Å². The van der Waals surface area contributed by atoms with Crippen molar-refractivity contribution in [2.75, 3.05) is 37.7 Å². The second-order valence-electron chi connectivity index (χ2n) is 7.48. The molecule has 0 aromatic heterocycles. The summed E-state index contributed by atoms with van der Waals surface area (Å²) in [5.74, 6) is 0.0979. The van der Waals surface area contributed by atoms with Gasteiger partial charge in [-0.1, -0.05) is 30.5 Å². The Morgan fingerprint density at radius 3 is 2.28 bits per heavy atom. The lowest BCUT2D eigenvalue weighted by Gasteiger charge is -2.35. The largest absolute Gasteiger partial charge is 0.360 e. The van der Waals surface area contributed by atoms with Crippen LogP contribution in [0.1, 0.15) is 25.7 Å². The molecular weight excluding hydrogens is 338 g/mol. The first-order valence-corrected chi connectivity index (χ1v) is 9.70. The highest BCUT2D eigenvalue weighted by Gasteiger charge is 2.49.